The normalized spacial score (nSPS) is 5.50. The molecule has 0 amide bonds. The molecule has 0 aromatic rings. The van der Waals surface area contributed by atoms with Crippen LogP contribution in [0, 0.1) is 10.1 Å². The van der Waals surface area contributed by atoms with Crippen LogP contribution in [0.15, 0.2) is 0 Å². The van der Waals surface area contributed by atoms with Gasteiger partial charge < -0.3 is 0 Å². The molecule has 0 aromatic carbocycles. The zero-order valence-corrected chi connectivity index (χ0v) is 4.84. The van der Waals surface area contributed by atoms with Gasteiger partial charge in [-0.3, -0.25) is 0 Å². The first-order valence-electron chi connectivity index (χ1n) is 0.783. The van der Waals surface area contributed by atoms with Crippen molar-refractivity contribution in [3.05, 3.63) is 10.1 Å². The van der Waals surface area contributed by atoms with Crippen LogP contribution >= 0.6 is 0 Å². The van der Waals surface area contributed by atoms with E-state index in [2.05, 4.69) is 10.8 Å². The first kappa shape index (κ1) is 9.28. The topological polar surface area (TPSA) is 78.4 Å². The Kier molecular flexibility index (Phi) is 7.50. The molecular formula is H2N2O3Pt. The summed E-state index contributed by atoms with van der Waals surface area (Å²) in [5, 5.41) is 7.73. The molecule has 2 N–H and O–H groups in total. The molecule has 0 fully saturated rings. The van der Waals surface area contributed by atoms with Crippen LogP contribution in [0.5, 0.6) is 0 Å². The Hall–Kier alpha value is -0.152. The van der Waals surface area contributed by atoms with Gasteiger partial charge in [-0.2, -0.15) is 5.90 Å². The average molecular weight is 273 g/mol. The van der Waals surface area contributed by atoms with Crippen LogP contribution in [0.2, 0.25) is 0 Å². The Labute approximate surface area is 47.8 Å². The van der Waals surface area contributed by atoms with E-state index in [0.29, 0.717) is 0 Å². The van der Waals surface area contributed by atoms with E-state index in [1.807, 2.05) is 0 Å². The van der Waals surface area contributed by atoms with Gasteiger partial charge in [-0.25, -0.2) is 4.94 Å². The Bertz CT molecular complexity index is 44.1. The summed E-state index contributed by atoms with van der Waals surface area (Å²) in [5.41, 5.74) is 0. The van der Waals surface area contributed by atoms with E-state index in [4.69, 9.17) is 10.1 Å². The third-order valence-corrected chi connectivity index (χ3v) is 0.0861. The van der Waals surface area contributed by atoms with Crippen LogP contribution in [-0.4, -0.2) is 5.09 Å². The van der Waals surface area contributed by atoms with E-state index in [-0.39, 0.29) is 21.1 Å². The minimum atomic E-state index is -1.10. The molecule has 6 heteroatoms. The second-order valence-electron chi connectivity index (χ2n) is 0.329. The van der Waals surface area contributed by atoms with Gasteiger partial charge in [-0.1, -0.05) is 0 Å². The second kappa shape index (κ2) is 4.85. The first-order valence-corrected chi connectivity index (χ1v) is 0.783. The van der Waals surface area contributed by atoms with Gasteiger partial charge >= 0.3 is 5.09 Å². The van der Waals surface area contributed by atoms with Crippen molar-refractivity contribution in [1.82, 2.24) is 0 Å². The molecule has 0 rings (SSSR count). The number of nitrogens with two attached hydrogens (primary N) is 1. The molecule has 0 spiro atoms. The second-order valence-corrected chi connectivity index (χ2v) is 0.329. The fourth-order valence-corrected chi connectivity index (χ4v) is 0. The summed E-state index contributed by atoms with van der Waals surface area (Å²) in [5.74, 6) is 3.97. The Morgan fingerprint density at radius 2 is 2.00 bits per heavy atom. The van der Waals surface area contributed by atoms with Gasteiger partial charge in [0.2, 0.25) is 0 Å². The van der Waals surface area contributed by atoms with Crippen LogP contribution in [-0.2, 0) is 26.0 Å². The molecule has 6 heavy (non-hydrogen) atoms. The van der Waals surface area contributed by atoms with E-state index in [0.717, 1.165) is 0 Å². The average Bonchev–Trinajstić information content (AvgIpc) is 1.38. The molecular weight excluding hydrogens is 271 g/mol. The van der Waals surface area contributed by atoms with Crippen molar-refractivity contribution < 1.29 is 31.1 Å². The van der Waals surface area contributed by atoms with Crippen molar-refractivity contribution in [3.63, 3.8) is 0 Å². The standard InChI is InChI=1S/H2N2O3.Pt/c1-5-2(3)4;/h1H2;. The Balaban J connectivity index is 0. The number of nitrogens with zero attached hydrogens (tertiary/aromatic N) is 1. The van der Waals surface area contributed by atoms with Crippen LogP contribution in [0.25, 0.3) is 0 Å². The molecule has 0 bridgehead atoms. The van der Waals surface area contributed by atoms with Crippen molar-refractivity contribution >= 4 is 0 Å². The molecule has 0 aliphatic heterocycles. The zero-order chi connectivity index (χ0) is 4.28. The molecule has 0 aliphatic carbocycles. The van der Waals surface area contributed by atoms with E-state index in [1.54, 1.807) is 0 Å². The SMILES string of the molecule is NO[N+](=O)[O-].[Pt]. The van der Waals surface area contributed by atoms with Crippen LogP contribution < -0.4 is 5.90 Å². The maximum absolute atomic E-state index is 8.83. The van der Waals surface area contributed by atoms with E-state index < -0.39 is 5.09 Å². The van der Waals surface area contributed by atoms with Crippen LogP contribution in [0.3, 0.4) is 0 Å². The van der Waals surface area contributed by atoms with E-state index in [1.165, 1.54) is 0 Å². The van der Waals surface area contributed by atoms with Gasteiger partial charge in [-0.15, -0.1) is 10.1 Å². The van der Waals surface area contributed by atoms with Crippen molar-refractivity contribution in [2.45, 2.75) is 0 Å². The van der Waals surface area contributed by atoms with Crippen molar-refractivity contribution in [1.29, 1.82) is 0 Å². The minimum Gasteiger partial charge on any atom is -0.223 e. The maximum Gasteiger partial charge on any atom is 0.311 e. The zero-order valence-electron chi connectivity index (χ0n) is 2.57. The molecule has 0 heterocycles. The minimum absolute atomic E-state index is 0. The number of hydrogen-bond donors (Lipinski definition) is 1. The van der Waals surface area contributed by atoms with Crippen molar-refractivity contribution in [3.8, 4) is 0 Å². The fraction of sp³-hybridized carbons (Fsp3) is 0. The van der Waals surface area contributed by atoms with E-state index >= 15 is 0 Å². The molecule has 0 atom stereocenters. The molecule has 0 radical (unpaired) electrons. The van der Waals surface area contributed by atoms with Crippen LogP contribution in [0.1, 0.15) is 0 Å². The Morgan fingerprint density at radius 1 is 1.83 bits per heavy atom. The smallest absolute Gasteiger partial charge is 0.223 e. The number of hydrogen-bond acceptors (Lipinski definition) is 4. The quantitative estimate of drug-likeness (QED) is 0.494. The van der Waals surface area contributed by atoms with Crippen LogP contribution in [0.4, 0.5) is 0 Å². The summed E-state index contributed by atoms with van der Waals surface area (Å²) in [6.07, 6.45) is 0. The van der Waals surface area contributed by atoms with Crippen molar-refractivity contribution in [2.24, 2.45) is 5.90 Å². The Morgan fingerprint density at radius 3 is 2.00 bits per heavy atom. The largest absolute Gasteiger partial charge is 0.311 e. The first-order chi connectivity index (χ1) is 2.27. The third-order valence-electron chi connectivity index (χ3n) is 0.0861. The molecule has 0 aliphatic rings. The number of rotatable bonds is 1. The molecule has 0 aromatic heterocycles. The van der Waals surface area contributed by atoms with E-state index in [9.17, 15) is 0 Å². The summed E-state index contributed by atoms with van der Waals surface area (Å²) < 4.78 is 0. The summed E-state index contributed by atoms with van der Waals surface area (Å²) in [6.45, 7) is 0. The molecule has 5 nitrogen and oxygen atoms in total. The van der Waals surface area contributed by atoms with Gasteiger partial charge in [0.05, 0.1) is 0 Å². The van der Waals surface area contributed by atoms with Gasteiger partial charge in [0.15, 0.2) is 0 Å². The van der Waals surface area contributed by atoms with Gasteiger partial charge in [0, 0.05) is 21.1 Å². The summed E-state index contributed by atoms with van der Waals surface area (Å²) in [4.78, 5) is 11.8. The maximum atomic E-state index is 8.83. The predicted octanol–water partition coefficient (Wildman–Crippen LogP) is -0.934. The summed E-state index contributed by atoms with van der Waals surface area (Å²) in [6, 6.07) is 0. The predicted molar refractivity (Wildman–Crippen MR) is 12.3 cm³/mol. The monoisotopic (exact) mass is 273 g/mol. The molecule has 0 unspecified atom stereocenters. The fourth-order valence-electron chi connectivity index (χ4n) is 0. The third kappa shape index (κ3) is 9.14. The summed E-state index contributed by atoms with van der Waals surface area (Å²) >= 11 is 0. The molecule has 0 saturated carbocycles. The van der Waals surface area contributed by atoms with Gasteiger partial charge in [-0.05, 0) is 0 Å². The van der Waals surface area contributed by atoms with Gasteiger partial charge in [0.1, 0.15) is 0 Å². The molecule has 0 saturated heterocycles. The molecule has 40 valence electrons. The van der Waals surface area contributed by atoms with Gasteiger partial charge in [0.25, 0.3) is 0 Å². The van der Waals surface area contributed by atoms with Crippen molar-refractivity contribution in [2.75, 3.05) is 0 Å². The summed E-state index contributed by atoms with van der Waals surface area (Å²) in [7, 11) is 0.